The number of amides is 1. The number of aromatic nitrogens is 1. The van der Waals surface area contributed by atoms with Crippen LogP contribution < -0.4 is 10.6 Å². The third-order valence-electron chi connectivity index (χ3n) is 9.34. The van der Waals surface area contributed by atoms with E-state index in [1.165, 1.54) is 17.5 Å². The fraction of sp³-hybridized carbons (Fsp3) is 0.606. The number of benzene rings is 1. The van der Waals surface area contributed by atoms with Gasteiger partial charge in [-0.3, -0.25) is 4.79 Å². The number of carboxylic acid groups (broad SMARTS) is 1. The molecule has 0 bridgehead atoms. The number of hydrogen-bond acceptors (Lipinski definition) is 5. The van der Waals surface area contributed by atoms with Crippen molar-refractivity contribution in [2.75, 3.05) is 18.5 Å². The lowest BCUT2D eigenvalue weighted by atomic mass is 9.77. The van der Waals surface area contributed by atoms with E-state index in [-0.39, 0.29) is 18.4 Å². The number of nitrogens with one attached hydrogen (secondary N) is 2. The van der Waals surface area contributed by atoms with Crippen LogP contribution >= 0.6 is 0 Å². The van der Waals surface area contributed by atoms with Crippen LogP contribution in [-0.4, -0.2) is 47.3 Å². The number of ether oxygens (including phenoxy) is 1. The van der Waals surface area contributed by atoms with Crippen LogP contribution in [0.4, 0.5) is 5.82 Å². The molecule has 2 fully saturated rings. The van der Waals surface area contributed by atoms with Gasteiger partial charge in [-0.25, -0.2) is 9.78 Å². The number of rotatable bonds is 12. The van der Waals surface area contributed by atoms with E-state index >= 15 is 0 Å². The summed E-state index contributed by atoms with van der Waals surface area (Å²) in [4.78, 5) is 30.4. The molecule has 1 aromatic heterocycles. The van der Waals surface area contributed by atoms with Crippen molar-refractivity contribution in [3.05, 3.63) is 58.8 Å². The summed E-state index contributed by atoms with van der Waals surface area (Å²) in [7, 11) is 0. The minimum atomic E-state index is -1.00. The molecule has 1 amide bonds. The number of aryl methyl sites for hydroxylation is 2. The van der Waals surface area contributed by atoms with Crippen LogP contribution in [0.3, 0.4) is 0 Å². The van der Waals surface area contributed by atoms with Crippen LogP contribution in [0.25, 0.3) is 0 Å². The van der Waals surface area contributed by atoms with E-state index in [0.717, 1.165) is 81.4 Å². The molecule has 3 aliphatic rings. The first kappa shape index (κ1) is 28.6. The van der Waals surface area contributed by atoms with Crippen LogP contribution in [0.2, 0.25) is 0 Å². The molecule has 216 valence electrons. The summed E-state index contributed by atoms with van der Waals surface area (Å²) < 4.78 is 6.03. The van der Waals surface area contributed by atoms with Crippen LogP contribution in [0.15, 0.2) is 36.4 Å². The highest BCUT2D eigenvalue weighted by Crippen LogP contribution is 2.42. The Morgan fingerprint density at radius 3 is 2.55 bits per heavy atom. The molecule has 0 saturated heterocycles. The summed E-state index contributed by atoms with van der Waals surface area (Å²) in [6, 6.07) is 11.7. The van der Waals surface area contributed by atoms with Gasteiger partial charge in [0.2, 0.25) is 5.91 Å². The number of fused-ring (bicyclic) bond motifs is 1. The van der Waals surface area contributed by atoms with Gasteiger partial charge in [-0.1, -0.05) is 57.0 Å². The first-order valence-electron chi connectivity index (χ1n) is 15.3. The van der Waals surface area contributed by atoms with Gasteiger partial charge in [-0.05, 0) is 86.0 Å². The number of aliphatic carboxylic acids is 1. The minimum absolute atomic E-state index is 0.163. The largest absolute Gasteiger partial charge is 0.480 e. The maximum atomic E-state index is 13.6. The number of carbonyl (C=O) groups is 2. The minimum Gasteiger partial charge on any atom is -0.480 e. The molecule has 5 rings (SSSR count). The van der Waals surface area contributed by atoms with Crippen molar-refractivity contribution < 1.29 is 19.4 Å². The highest BCUT2D eigenvalue weighted by molar-refractivity contribution is 5.91. The second kappa shape index (κ2) is 12.7. The number of pyridine rings is 1. The van der Waals surface area contributed by atoms with E-state index in [4.69, 9.17) is 9.72 Å². The second-order valence-electron chi connectivity index (χ2n) is 12.4. The van der Waals surface area contributed by atoms with Gasteiger partial charge in [-0.15, -0.1) is 0 Å². The quantitative estimate of drug-likeness (QED) is 0.312. The van der Waals surface area contributed by atoms with Gasteiger partial charge in [0.1, 0.15) is 11.9 Å². The Morgan fingerprint density at radius 2 is 1.85 bits per heavy atom. The first-order valence-corrected chi connectivity index (χ1v) is 15.3. The molecule has 1 atom stereocenters. The smallest absolute Gasteiger partial charge is 0.326 e. The molecule has 0 radical (unpaired) electrons. The SMILES string of the molecule is CC(C)c1ccc(C2(C(=O)NC(CCOC3CC(CCc4ccc5c(n4)NCCC5)C3)C(=O)O)CCCC2)cc1. The number of nitrogens with zero attached hydrogens (tertiary/aromatic N) is 1. The topological polar surface area (TPSA) is 101 Å². The van der Waals surface area contributed by atoms with Crippen LogP contribution in [0, 0.1) is 5.92 Å². The molecule has 7 nitrogen and oxygen atoms in total. The molecule has 1 aromatic carbocycles. The molecule has 2 aromatic rings. The Bertz CT molecular complexity index is 1170. The summed E-state index contributed by atoms with van der Waals surface area (Å²) >= 11 is 0. The molecule has 3 N–H and O–H groups in total. The molecule has 1 unspecified atom stereocenters. The zero-order chi connectivity index (χ0) is 28.1. The number of carboxylic acids is 1. The lowest BCUT2D eigenvalue weighted by Crippen LogP contribution is -2.50. The lowest BCUT2D eigenvalue weighted by Gasteiger charge is -2.35. The monoisotopic (exact) mass is 547 g/mol. The average molecular weight is 548 g/mol. The van der Waals surface area contributed by atoms with E-state index in [1.807, 2.05) is 0 Å². The highest BCUT2D eigenvalue weighted by atomic mass is 16.5. The summed E-state index contributed by atoms with van der Waals surface area (Å²) in [6.07, 6.45) is 10.3. The van der Waals surface area contributed by atoms with Crippen LogP contribution in [0.5, 0.6) is 0 Å². The fourth-order valence-corrected chi connectivity index (χ4v) is 6.63. The van der Waals surface area contributed by atoms with Gasteiger partial charge >= 0.3 is 5.97 Å². The van der Waals surface area contributed by atoms with Crippen molar-refractivity contribution in [3.63, 3.8) is 0 Å². The fourth-order valence-electron chi connectivity index (χ4n) is 6.63. The molecular weight excluding hydrogens is 502 g/mol. The van der Waals surface area contributed by atoms with E-state index in [9.17, 15) is 14.7 Å². The molecular formula is C33H45N3O4. The molecule has 40 heavy (non-hydrogen) atoms. The summed E-state index contributed by atoms with van der Waals surface area (Å²) in [5, 5.41) is 16.2. The van der Waals surface area contributed by atoms with Gasteiger partial charge in [0, 0.05) is 25.3 Å². The van der Waals surface area contributed by atoms with Gasteiger partial charge in [0.25, 0.3) is 0 Å². The van der Waals surface area contributed by atoms with Crippen molar-refractivity contribution in [2.45, 2.75) is 108 Å². The van der Waals surface area contributed by atoms with Gasteiger partial charge in [0.05, 0.1) is 11.5 Å². The van der Waals surface area contributed by atoms with Gasteiger partial charge < -0.3 is 20.5 Å². The summed E-state index contributed by atoms with van der Waals surface area (Å²) in [5.74, 6) is 0.938. The first-order chi connectivity index (χ1) is 19.3. The number of anilines is 1. The molecule has 7 heteroatoms. The summed E-state index contributed by atoms with van der Waals surface area (Å²) in [6.45, 7) is 5.65. The van der Waals surface area contributed by atoms with Crippen LogP contribution in [0.1, 0.15) is 99.9 Å². The van der Waals surface area contributed by atoms with Crippen LogP contribution in [-0.2, 0) is 32.6 Å². The number of hydrogen-bond donors (Lipinski definition) is 3. The third kappa shape index (κ3) is 6.51. The van der Waals surface area contributed by atoms with E-state index in [2.05, 4.69) is 60.9 Å². The molecule has 2 aliphatic carbocycles. The Kier molecular flexibility index (Phi) is 9.09. The highest BCUT2D eigenvalue weighted by Gasteiger charge is 2.44. The standard InChI is InChI=1S/C33H45N3O4/c1-22(2)24-8-11-26(12-9-24)33(16-3-4-17-33)32(39)36-29(31(37)38)15-19-40-28-20-23(21-28)7-13-27-14-10-25-6-5-18-34-30(25)35-27/h8-12,14,22-23,28-29H,3-7,13,15-21H2,1-2H3,(H,34,35)(H,36,39)(H,37,38). The normalized spacial score (nSPS) is 22.2. The Hall–Kier alpha value is -2.93. The maximum absolute atomic E-state index is 13.6. The van der Waals surface area contributed by atoms with Gasteiger partial charge in [-0.2, -0.15) is 0 Å². The van der Waals surface area contributed by atoms with E-state index in [0.29, 0.717) is 18.4 Å². The van der Waals surface area contributed by atoms with E-state index < -0.39 is 17.4 Å². The average Bonchev–Trinajstić information content (AvgIpc) is 3.44. The predicted molar refractivity (Wildman–Crippen MR) is 157 cm³/mol. The second-order valence-corrected chi connectivity index (χ2v) is 12.4. The van der Waals surface area contributed by atoms with Gasteiger partial charge in [0.15, 0.2) is 0 Å². The van der Waals surface area contributed by atoms with Crippen molar-refractivity contribution >= 4 is 17.7 Å². The summed E-state index contributed by atoms with van der Waals surface area (Å²) in [5.41, 5.74) is 4.06. The van der Waals surface area contributed by atoms with Crippen molar-refractivity contribution in [2.24, 2.45) is 5.92 Å². The van der Waals surface area contributed by atoms with Crippen molar-refractivity contribution in [3.8, 4) is 0 Å². The molecule has 1 aliphatic heterocycles. The molecule has 2 saturated carbocycles. The Balaban J connectivity index is 1.07. The Morgan fingerprint density at radius 1 is 1.10 bits per heavy atom. The van der Waals surface area contributed by atoms with Crippen molar-refractivity contribution in [1.29, 1.82) is 0 Å². The number of carbonyl (C=O) groups excluding carboxylic acids is 1. The lowest BCUT2D eigenvalue weighted by molar-refractivity contribution is -0.143. The Labute approximate surface area is 238 Å². The maximum Gasteiger partial charge on any atom is 0.326 e. The zero-order valence-electron chi connectivity index (χ0n) is 24.1. The van der Waals surface area contributed by atoms with E-state index in [1.54, 1.807) is 0 Å². The third-order valence-corrected chi connectivity index (χ3v) is 9.34. The molecule has 2 heterocycles. The van der Waals surface area contributed by atoms with Crippen molar-refractivity contribution in [1.82, 2.24) is 10.3 Å². The predicted octanol–water partition coefficient (Wildman–Crippen LogP) is 5.76. The molecule has 0 spiro atoms. The zero-order valence-corrected chi connectivity index (χ0v) is 24.1.